The molecule has 0 saturated heterocycles. The average Bonchev–Trinajstić information content (AvgIpc) is 3.21. The van der Waals surface area contributed by atoms with E-state index in [9.17, 15) is 14.7 Å². The lowest BCUT2D eigenvalue weighted by Gasteiger charge is -2.07. The Morgan fingerprint density at radius 2 is 1.74 bits per heavy atom. The van der Waals surface area contributed by atoms with Crippen molar-refractivity contribution < 1.29 is 19.1 Å². The maximum atomic E-state index is 12.1. The van der Waals surface area contributed by atoms with Crippen molar-refractivity contribution in [2.45, 2.75) is 6.92 Å². The van der Waals surface area contributed by atoms with Gasteiger partial charge in [-0.25, -0.2) is 5.43 Å². The quantitative estimate of drug-likeness (QED) is 0.477. The number of phenols is 1. The fourth-order valence-corrected chi connectivity index (χ4v) is 2.30. The van der Waals surface area contributed by atoms with Gasteiger partial charge >= 0.3 is 0 Å². The molecule has 0 fully saturated rings. The molecule has 7 nitrogen and oxygen atoms in total. The van der Waals surface area contributed by atoms with Crippen LogP contribution in [0.25, 0.3) is 0 Å². The molecule has 136 valence electrons. The van der Waals surface area contributed by atoms with E-state index >= 15 is 0 Å². The van der Waals surface area contributed by atoms with E-state index in [1.165, 1.54) is 30.5 Å². The molecule has 0 unspecified atom stereocenters. The third-order valence-corrected chi connectivity index (χ3v) is 3.74. The Morgan fingerprint density at radius 3 is 2.44 bits per heavy atom. The van der Waals surface area contributed by atoms with Gasteiger partial charge in [-0.2, -0.15) is 5.10 Å². The van der Waals surface area contributed by atoms with Crippen LogP contribution in [0.15, 0.2) is 76.4 Å². The van der Waals surface area contributed by atoms with Gasteiger partial charge in [0.2, 0.25) is 0 Å². The molecule has 0 bridgehead atoms. The SMILES string of the molecule is CC(=NNC(=O)c1ccc(O)cc1)c1cccc(NC(=O)c2ccco2)c1. The number of hydrazone groups is 1. The first kappa shape index (κ1) is 17.9. The molecule has 3 rings (SSSR count). The van der Waals surface area contributed by atoms with E-state index in [4.69, 9.17) is 4.42 Å². The molecule has 2 amide bonds. The van der Waals surface area contributed by atoms with Crippen molar-refractivity contribution in [1.29, 1.82) is 0 Å². The number of carbonyl (C=O) groups excluding carboxylic acids is 2. The third kappa shape index (κ3) is 4.60. The molecule has 1 heterocycles. The van der Waals surface area contributed by atoms with Crippen molar-refractivity contribution in [1.82, 2.24) is 5.43 Å². The summed E-state index contributed by atoms with van der Waals surface area (Å²) in [4.78, 5) is 24.1. The highest BCUT2D eigenvalue weighted by Crippen LogP contribution is 2.14. The average molecular weight is 363 g/mol. The van der Waals surface area contributed by atoms with Crippen molar-refractivity contribution in [3.8, 4) is 5.75 Å². The van der Waals surface area contributed by atoms with Gasteiger partial charge in [-0.15, -0.1) is 0 Å². The molecule has 0 aliphatic carbocycles. The molecular weight excluding hydrogens is 346 g/mol. The zero-order valence-electron chi connectivity index (χ0n) is 14.5. The summed E-state index contributed by atoms with van der Waals surface area (Å²) in [6, 6.07) is 16.1. The van der Waals surface area contributed by atoms with Crippen molar-refractivity contribution in [3.05, 3.63) is 83.8 Å². The summed E-state index contributed by atoms with van der Waals surface area (Å²) in [5.41, 5.74) is 4.72. The Morgan fingerprint density at radius 1 is 0.963 bits per heavy atom. The van der Waals surface area contributed by atoms with Gasteiger partial charge in [-0.3, -0.25) is 9.59 Å². The van der Waals surface area contributed by atoms with Crippen LogP contribution in [-0.4, -0.2) is 22.6 Å². The van der Waals surface area contributed by atoms with Gasteiger partial charge in [0, 0.05) is 11.3 Å². The number of phenolic OH excluding ortho intramolecular Hbond substituents is 1. The van der Waals surface area contributed by atoms with Gasteiger partial charge in [0.15, 0.2) is 5.76 Å². The van der Waals surface area contributed by atoms with Gasteiger partial charge in [-0.05, 0) is 61.0 Å². The second-order valence-electron chi connectivity index (χ2n) is 5.70. The normalized spacial score (nSPS) is 11.1. The second-order valence-corrected chi connectivity index (χ2v) is 5.70. The Labute approximate surface area is 155 Å². The van der Waals surface area contributed by atoms with Crippen LogP contribution < -0.4 is 10.7 Å². The van der Waals surface area contributed by atoms with Gasteiger partial charge in [0.25, 0.3) is 11.8 Å². The first-order valence-corrected chi connectivity index (χ1v) is 8.12. The van der Waals surface area contributed by atoms with E-state index < -0.39 is 5.91 Å². The van der Waals surface area contributed by atoms with E-state index in [-0.39, 0.29) is 17.4 Å². The summed E-state index contributed by atoms with van der Waals surface area (Å²) in [6.45, 7) is 1.74. The van der Waals surface area contributed by atoms with Gasteiger partial charge in [-0.1, -0.05) is 12.1 Å². The highest BCUT2D eigenvalue weighted by atomic mass is 16.3. The van der Waals surface area contributed by atoms with Crippen molar-refractivity contribution in [2.75, 3.05) is 5.32 Å². The van der Waals surface area contributed by atoms with Crippen LogP contribution in [0, 0.1) is 0 Å². The van der Waals surface area contributed by atoms with Crippen LogP contribution >= 0.6 is 0 Å². The molecular formula is C20H17N3O4. The lowest BCUT2D eigenvalue weighted by atomic mass is 10.1. The molecule has 0 aliphatic rings. The Bertz CT molecular complexity index is 977. The van der Waals surface area contributed by atoms with Crippen LogP contribution in [-0.2, 0) is 0 Å². The number of nitrogens with zero attached hydrogens (tertiary/aromatic N) is 1. The number of nitrogens with one attached hydrogen (secondary N) is 2. The number of hydrogen-bond donors (Lipinski definition) is 3. The van der Waals surface area contributed by atoms with Gasteiger partial charge < -0.3 is 14.8 Å². The molecule has 1 aromatic heterocycles. The Kier molecular flexibility index (Phi) is 5.32. The van der Waals surface area contributed by atoms with Crippen molar-refractivity contribution in [2.24, 2.45) is 5.10 Å². The molecule has 7 heteroatoms. The monoisotopic (exact) mass is 363 g/mol. The van der Waals surface area contributed by atoms with Crippen LogP contribution in [0.1, 0.15) is 33.4 Å². The summed E-state index contributed by atoms with van der Waals surface area (Å²) in [5, 5.41) is 16.1. The summed E-state index contributed by atoms with van der Waals surface area (Å²) in [6.07, 6.45) is 1.43. The highest BCUT2D eigenvalue weighted by molar-refractivity contribution is 6.04. The Balaban J connectivity index is 1.68. The molecule has 2 aromatic carbocycles. The number of amides is 2. The van der Waals surface area contributed by atoms with E-state index in [2.05, 4.69) is 15.8 Å². The van der Waals surface area contributed by atoms with E-state index in [0.717, 1.165) is 5.56 Å². The molecule has 0 saturated carbocycles. The van der Waals surface area contributed by atoms with Gasteiger partial charge in [0.1, 0.15) is 5.75 Å². The highest BCUT2D eigenvalue weighted by Gasteiger charge is 2.10. The van der Waals surface area contributed by atoms with E-state index in [0.29, 0.717) is 17.0 Å². The summed E-state index contributed by atoms with van der Waals surface area (Å²) < 4.78 is 5.06. The van der Waals surface area contributed by atoms with Crippen molar-refractivity contribution in [3.63, 3.8) is 0 Å². The van der Waals surface area contributed by atoms with Crippen LogP contribution in [0.3, 0.4) is 0 Å². The number of carbonyl (C=O) groups is 2. The Hall–Kier alpha value is -3.87. The smallest absolute Gasteiger partial charge is 0.291 e. The lowest BCUT2D eigenvalue weighted by Crippen LogP contribution is -2.19. The van der Waals surface area contributed by atoms with E-state index in [1.807, 2.05) is 6.07 Å². The van der Waals surface area contributed by atoms with E-state index in [1.54, 1.807) is 37.3 Å². The minimum Gasteiger partial charge on any atom is -0.508 e. The largest absolute Gasteiger partial charge is 0.508 e. The molecule has 27 heavy (non-hydrogen) atoms. The van der Waals surface area contributed by atoms with Crippen LogP contribution in [0.2, 0.25) is 0 Å². The van der Waals surface area contributed by atoms with Crippen molar-refractivity contribution >= 4 is 23.2 Å². The topological polar surface area (TPSA) is 104 Å². The summed E-state index contributed by atoms with van der Waals surface area (Å²) in [7, 11) is 0. The minimum atomic E-state index is -0.392. The number of benzene rings is 2. The molecule has 0 spiro atoms. The molecule has 0 radical (unpaired) electrons. The first-order chi connectivity index (χ1) is 13.0. The number of aromatic hydroxyl groups is 1. The number of rotatable bonds is 5. The second kappa shape index (κ2) is 8.01. The molecule has 0 aliphatic heterocycles. The first-order valence-electron chi connectivity index (χ1n) is 8.12. The fourth-order valence-electron chi connectivity index (χ4n) is 2.30. The predicted molar refractivity (Wildman–Crippen MR) is 101 cm³/mol. The maximum absolute atomic E-state index is 12.1. The molecule has 3 N–H and O–H groups in total. The lowest BCUT2D eigenvalue weighted by molar-refractivity contribution is 0.0953. The zero-order valence-corrected chi connectivity index (χ0v) is 14.5. The minimum absolute atomic E-state index is 0.0830. The fraction of sp³-hybridized carbons (Fsp3) is 0.0500. The predicted octanol–water partition coefficient (Wildman–Crippen LogP) is 3.39. The third-order valence-electron chi connectivity index (χ3n) is 3.74. The van der Waals surface area contributed by atoms with Crippen LogP contribution in [0.5, 0.6) is 5.75 Å². The summed E-state index contributed by atoms with van der Waals surface area (Å²) >= 11 is 0. The number of furan rings is 1. The number of anilines is 1. The zero-order chi connectivity index (χ0) is 19.2. The van der Waals surface area contributed by atoms with Gasteiger partial charge in [0.05, 0.1) is 12.0 Å². The maximum Gasteiger partial charge on any atom is 0.291 e. The molecule has 3 aromatic rings. The molecule has 0 atom stereocenters. The van der Waals surface area contributed by atoms with Crippen LogP contribution in [0.4, 0.5) is 5.69 Å². The number of hydrogen-bond acceptors (Lipinski definition) is 5. The standard InChI is InChI=1S/C20H17N3O4/c1-13(22-23-19(25)14-7-9-17(24)10-8-14)15-4-2-5-16(12-15)21-20(26)18-6-3-11-27-18/h2-12,24H,1H3,(H,21,26)(H,23,25). The summed E-state index contributed by atoms with van der Waals surface area (Å²) in [5.74, 6) is -0.449.